The average Bonchev–Trinajstić information content (AvgIpc) is 3.07. The van der Waals surface area contributed by atoms with Gasteiger partial charge < -0.3 is 9.88 Å². The maximum absolute atomic E-state index is 13.0. The van der Waals surface area contributed by atoms with Gasteiger partial charge in [-0.2, -0.15) is 13.2 Å². The average molecular weight is 410 g/mol. The highest BCUT2D eigenvalue weighted by atomic mass is 32.2. The number of benzene rings is 2. The van der Waals surface area contributed by atoms with Crippen LogP contribution in [0.15, 0.2) is 59.9 Å². The van der Waals surface area contributed by atoms with Gasteiger partial charge in [-0.05, 0) is 43.4 Å². The number of imidazole rings is 1. The van der Waals surface area contributed by atoms with Gasteiger partial charge in [0.2, 0.25) is 10.0 Å². The van der Waals surface area contributed by atoms with E-state index < -0.39 is 21.8 Å². The van der Waals surface area contributed by atoms with E-state index in [1.165, 1.54) is 37.4 Å². The number of hydrogen-bond acceptors (Lipinski definition) is 4. The Kier molecular flexibility index (Phi) is 5.18. The second kappa shape index (κ2) is 7.28. The minimum absolute atomic E-state index is 0.0187. The van der Waals surface area contributed by atoms with Crippen molar-refractivity contribution in [1.29, 1.82) is 0 Å². The monoisotopic (exact) mass is 410 g/mol. The predicted molar refractivity (Wildman–Crippen MR) is 99.6 cm³/mol. The van der Waals surface area contributed by atoms with Crippen LogP contribution in [-0.4, -0.2) is 25.0 Å². The van der Waals surface area contributed by atoms with Gasteiger partial charge in [0, 0.05) is 30.2 Å². The van der Waals surface area contributed by atoms with Gasteiger partial charge in [0.15, 0.2) is 0 Å². The molecule has 3 aromatic rings. The van der Waals surface area contributed by atoms with Crippen LogP contribution in [0.1, 0.15) is 5.56 Å². The van der Waals surface area contributed by atoms with E-state index in [-0.39, 0.29) is 10.6 Å². The third-order valence-corrected chi connectivity index (χ3v) is 5.43. The largest absolute Gasteiger partial charge is 0.416 e. The molecular formula is C18H17F3N4O2S. The Morgan fingerprint density at radius 3 is 2.46 bits per heavy atom. The number of nitrogens with zero attached hydrogens (tertiary/aromatic N) is 2. The van der Waals surface area contributed by atoms with E-state index in [1.807, 2.05) is 0 Å². The normalized spacial score (nSPS) is 12.2. The zero-order valence-electron chi connectivity index (χ0n) is 14.9. The molecule has 1 heterocycles. The van der Waals surface area contributed by atoms with Crippen molar-refractivity contribution in [3.8, 4) is 11.3 Å². The van der Waals surface area contributed by atoms with Crippen molar-refractivity contribution in [2.45, 2.75) is 11.1 Å². The van der Waals surface area contributed by atoms with Crippen LogP contribution in [0.4, 0.5) is 24.5 Å². The molecular weight excluding hydrogens is 393 g/mol. The van der Waals surface area contributed by atoms with Crippen LogP contribution in [0.2, 0.25) is 0 Å². The van der Waals surface area contributed by atoms with Crippen LogP contribution >= 0.6 is 0 Å². The molecule has 0 saturated heterocycles. The SMILES string of the molecule is CNS(=O)(=O)c1ccc(Nc2cccc(C(F)(F)F)c2)c(-c2cn(C)cn2)c1. The van der Waals surface area contributed by atoms with E-state index in [0.717, 1.165) is 12.1 Å². The maximum Gasteiger partial charge on any atom is 0.416 e. The smallest absolute Gasteiger partial charge is 0.355 e. The molecule has 0 atom stereocenters. The molecule has 10 heteroatoms. The molecule has 0 saturated carbocycles. The Hall–Kier alpha value is -2.85. The first kappa shape index (κ1) is 19.9. The van der Waals surface area contributed by atoms with Gasteiger partial charge in [0.05, 0.1) is 22.5 Å². The Morgan fingerprint density at radius 2 is 1.86 bits per heavy atom. The molecule has 0 aliphatic heterocycles. The Balaban J connectivity index is 2.08. The molecule has 1 aromatic heterocycles. The van der Waals surface area contributed by atoms with Crippen molar-refractivity contribution in [3.05, 3.63) is 60.6 Å². The number of alkyl halides is 3. The van der Waals surface area contributed by atoms with Crippen LogP contribution in [-0.2, 0) is 23.2 Å². The molecule has 2 aromatic carbocycles. The van der Waals surface area contributed by atoms with Crippen LogP contribution in [0.25, 0.3) is 11.3 Å². The third kappa shape index (κ3) is 4.18. The summed E-state index contributed by atoms with van der Waals surface area (Å²) in [7, 11) is -0.648. The number of rotatable bonds is 5. The van der Waals surface area contributed by atoms with Gasteiger partial charge >= 0.3 is 6.18 Å². The minimum Gasteiger partial charge on any atom is -0.355 e. The van der Waals surface area contributed by atoms with Crippen molar-refractivity contribution in [2.24, 2.45) is 7.05 Å². The second-order valence-electron chi connectivity index (χ2n) is 6.04. The van der Waals surface area contributed by atoms with Crippen LogP contribution in [0.3, 0.4) is 0 Å². The summed E-state index contributed by atoms with van der Waals surface area (Å²) in [6.45, 7) is 0. The van der Waals surface area contributed by atoms with E-state index >= 15 is 0 Å². The zero-order chi connectivity index (χ0) is 20.5. The number of aryl methyl sites for hydroxylation is 1. The number of halogens is 3. The van der Waals surface area contributed by atoms with Crippen molar-refractivity contribution >= 4 is 21.4 Å². The van der Waals surface area contributed by atoms with E-state index in [9.17, 15) is 21.6 Å². The van der Waals surface area contributed by atoms with Gasteiger partial charge in [-0.15, -0.1) is 0 Å². The summed E-state index contributed by atoms with van der Waals surface area (Å²) in [4.78, 5) is 4.24. The molecule has 0 bridgehead atoms. The van der Waals surface area contributed by atoms with E-state index in [2.05, 4.69) is 15.0 Å². The fourth-order valence-corrected chi connectivity index (χ4v) is 3.37. The van der Waals surface area contributed by atoms with Gasteiger partial charge in [-0.3, -0.25) is 0 Å². The molecule has 0 fully saturated rings. The Morgan fingerprint density at radius 1 is 1.11 bits per heavy atom. The minimum atomic E-state index is -4.47. The summed E-state index contributed by atoms with van der Waals surface area (Å²) in [6, 6.07) is 9.04. The van der Waals surface area contributed by atoms with Crippen molar-refractivity contribution in [2.75, 3.05) is 12.4 Å². The van der Waals surface area contributed by atoms with Crippen LogP contribution in [0.5, 0.6) is 0 Å². The number of sulfonamides is 1. The topological polar surface area (TPSA) is 76.0 Å². The van der Waals surface area contributed by atoms with Gasteiger partial charge in [-0.25, -0.2) is 18.1 Å². The van der Waals surface area contributed by atoms with Crippen LogP contribution < -0.4 is 10.0 Å². The zero-order valence-corrected chi connectivity index (χ0v) is 15.8. The fourth-order valence-electron chi connectivity index (χ4n) is 2.61. The summed E-state index contributed by atoms with van der Waals surface area (Å²) >= 11 is 0. The number of hydrogen-bond donors (Lipinski definition) is 2. The van der Waals surface area contributed by atoms with E-state index in [0.29, 0.717) is 16.9 Å². The van der Waals surface area contributed by atoms with Gasteiger partial charge in [-0.1, -0.05) is 6.07 Å². The molecule has 0 aliphatic rings. The van der Waals surface area contributed by atoms with Crippen molar-refractivity contribution < 1.29 is 21.6 Å². The van der Waals surface area contributed by atoms with Crippen molar-refractivity contribution in [1.82, 2.24) is 14.3 Å². The molecule has 6 nitrogen and oxygen atoms in total. The maximum atomic E-state index is 13.0. The summed E-state index contributed by atoms with van der Waals surface area (Å²) < 4.78 is 67.1. The van der Waals surface area contributed by atoms with Crippen LogP contribution in [0, 0.1) is 0 Å². The Labute approximate surface area is 160 Å². The molecule has 0 unspecified atom stereocenters. The highest BCUT2D eigenvalue weighted by Crippen LogP contribution is 2.34. The molecule has 3 rings (SSSR count). The van der Waals surface area contributed by atoms with Crippen molar-refractivity contribution in [3.63, 3.8) is 0 Å². The molecule has 2 N–H and O–H groups in total. The summed E-state index contributed by atoms with van der Waals surface area (Å²) in [5.41, 5.74) is 0.773. The summed E-state index contributed by atoms with van der Waals surface area (Å²) in [5, 5.41) is 2.92. The van der Waals surface area contributed by atoms with E-state index in [1.54, 1.807) is 24.1 Å². The number of anilines is 2. The summed E-state index contributed by atoms with van der Waals surface area (Å²) in [6.07, 6.45) is -1.24. The lowest BCUT2D eigenvalue weighted by atomic mass is 10.1. The molecule has 0 spiro atoms. The Bertz CT molecular complexity index is 1110. The predicted octanol–water partition coefficient (Wildman–Crippen LogP) is 3.76. The first-order chi connectivity index (χ1) is 13.1. The quantitative estimate of drug-likeness (QED) is 0.672. The first-order valence-corrected chi connectivity index (χ1v) is 9.59. The molecule has 0 radical (unpaired) electrons. The standard InChI is InChI=1S/C18H17F3N4O2S/c1-22-28(26,27)14-6-7-16(15(9-14)17-10-25(2)11-23-17)24-13-5-3-4-12(8-13)18(19,20)21/h3-11,22,24H,1-2H3. The third-order valence-electron chi connectivity index (χ3n) is 4.02. The number of aromatic nitrogens is 2. The lowest BCUT2D eigenvalue weighted by molar-refractivity contribution is -0.137. The van der Waals surface area contributed by atoms with E-state index in [4.69, 9.17) is 0 Å². The number of nitrogens with one attached hydrogen (secondary N) is 2. The first-order valence-electron chi connectivity index (χ1n) is 8.10. The fraction of sp³-hybridized carbons (Fsp3) is 0.167. The summed E-state index contributed by atoms with van der Waals surface area (Å²) in [5.74, 6) is 0. The molecule has 0 amide bonds. The molecule has 148 valence electrons. The molecule has 0 aliphatic carbocycles. The molecule has 28 heavy (non-hydrogen) atoms. The second-order valence-corrected chi connectivity index (χ2v) is 7.93. The van der Waals surface area contributed by atoms with Gasteiger partial charge in [0.25, 0.3) is 0 Å². The highest BCUT2D eigenvalue weighted by molar-refractivity contribution is 7.89. The highest BCUT2D eigenvalue weighted by Gasteiger charge is 2.30. The lowest BCUT2D eigenvalue weighted by Crippen LogP contribution is -2.18. The van der Waals surface area contributed by atoms with Gasteiger partial charge in [0.1, 0.15) is 0 Å². The lowest BCUT2D eigenvalue weighted by Gasteiger charge is -2.14.